The number of amides is 1. The quantitative estimate of drug-likeness (QED) is 0.747. The highest BCUT2D eigenvalue weighted by Gasteiger charge is 2.18. The minimum absolute atomic E-state index is 0.184. The van der Waals surface area contributed by atoms with Gasteiger partial charge in [0.25, 0.3) is 5.91 Å². The van der Waals surface area contributed by atoms with E-state index >= 15 is 0 Å². The summed E-state index contributed by atoms with van der Waals surface area (Å²) in [5, 5.41) is 12.3. The fourth-order valence-electron chi connectivity index (χ4n) is 2.19. The van der Waals surface area contributed by atoms with Crippen molar-refractivity contribution in [2.75, 3.05) is 13.7 Å². The number of methoxy groups -OCH3 is 1. The maximum Gasteiger partial charge on any atom is 0.341 e. The first-order valence-electron chi connectivity index (χ1n) is 7.61. The Morgan fingerprint density at radius 3 is 2.60 bits per heavy atom. The Morgan fingerprint density at radius 2 is 2.00 bits per heavy atom. The van der Waals surface area contributed by atoms with Crippen LogP contribution in [0.25, 0.3) is 0 Å². The lowest BCUT2D eigenvalue weighted by atomic mass is 10.1. The predicted octanol–water partition coefficient (Wildman–Crippen LogP) is 2.55. The summed E-state index contributed by atoms with van der Waals surface area (Å²) in [6, 6.07) is 6.72. The second-order valence-electron chi connectivity index (χ2n) is 5.40. The molecule has 1 unspecified atom stereocenters. The van der Waals surface area contributed by atoms with Gasteiger partial charge in [-0.2, -0.15) is 0 Å². The fourth-order valence-corrected chi connectivity index (χ4v) is 3.13. The minimum atomic E-state index is -1.03. The summed E-state index contributed by atoms with van der Waals surface area (Å²) in [4.78, 5) is 27.8. The molecule has 0 spiro atoms. The van der Waals surface area contributed by atoms with Gasteiger partial charge in [-0.1, -0.05) is 12.1 Å². The van der Waals surface area contributed by atoms with E-state index < -0.39 is 5.97 Å². The van der Waals surface area contributed by atoms with E-state index in [2.05, 4.69) is 10.3 Å². The lowest BCUT2D eigenvalue weighted by molar-refractivity contribution is -0.139. The molecule has 1 aromatic carbocycles. The van der Waals surface area contributed by atoms with E-state index in [1.807, 2.05) is 6.92 Å². The Bertz CT molecular complexity index is 742. The number of thiazole rings is 1. The lowest BCUT2D eigenvalue weighted by Gasteiger charge is -2.14. The topological polar surface area (TPSA) is 97.8 Å². The molecule has 0 aliphatic rings. The molecule has 1 atom stereocenters. The molecule has 0 aliphatic heterocycles. The van der Waals surface area contributed by atoms with Crippen LogP contribution in [0.1, 0.15) is 38.9 Å². The SMILES string of the molecule is COCc1nc(C)c(C(=O)NC(C)c2ccc(OCC(=O)O)cc2)s1. The number of ether oxygens (including phenoxy) is 2. The van der Waals surface area contributed by atoms with E-state index in [0.29, 0.717) is 22.9 Å². The molecule has 1 heterocycles. The lowest BCUT2D eigenvalue weighted by Crippen LogP contribution is -2.26. The van der Waals surface area contributed by atoms with Gasteiger partial charge in [-0.05, 0) is 31.5 Å². The van der Waals surface area contributed by atoms with Crippen molar-refractivity contribution in [1.29, 1.82) is 0 Å². The van der Waals surface area contributed by atoms with Crippen LogP contribution in [0.4, 0.5) is 0 Å². The van der Waals surface area contributed by atoms with Crippen molar-refractivity contribution in [2.24, 2.45) is 0 Å². The molecule has 7 nitrogen and oxygen atoms in total. The number of nitrogens with one attached hydrogen (secondary N) is 1. The first-order valence-corrected chi connectivity index (χ1v) is 8.43. The van der Waals surface area contributed by atoms with Crippen LogP contribution < -0.4 is 10.1 Å². The summed E-state index contributed by atoms with van der Waals surface area (Å²) in [5.74, 6) is -0.749. The normalized spacial score (nSPS) is 11.8. The number of carbonyl (C=O) groups is 2. The van der Waals surface area contributed by atoms with Crippen molar-refractivity contribution in [3.8, 4) is 5.75 Å². The monoisotopic (exact) mass is 364 g/mol. The Morgan fingerprint density at radius 1 is 1.32 bits per heavy atom. The standard InChI is InChI=1S/C17H20N2O5S/c1-10(12-4-6-13(7-5-12)24-9-15(20)21)19-17(22)16-11(2)18-14(25-16)8-23-3/h4-7,10H,8-9H2,1-3H3,(H,19,22)(H,20,21). The summed E-state index contributed by atoms with van der Waals surface area (Å²) in [7, 11) is 1.59. The van der Waals surface area contributed by atoms with Gasteiger partial charge in [-0.15, -0.1) is 11.3 Å². The largest absolute Gasteiger partial charge is 0.482 e. The highest BCUT2D eigenvalue weighted by atomic mass is 32.1. The number of aliphatic carboxylic acids is 1. The van der Waals surface area contributed by atoms with E-state index in [0.717, 1.165) is 10.6 Å². The highest BCUT2D eigenvalue weighted by molar-refractivity contribution is 7.13. The molecule has 0 saturated heterocycles. The van der Waals surface area contributed by atoms with E-state index in [9.17, 15) is 9.59 Å². The van der Waals surface area contributed by atoms with E-state index in [1.165, 1.54) is 11.3 Å². The molecule has 25 heavy (non-hydrogen) atoms. The Hall–Kier alpha value is -2.45. The molecule has 2 rings (SSSR count). The van der Waals surface area contributed by atoms with Gasteiger partial charge in [0, 0.05) is 7.11 Å². The number of nitrogens with zero attached hydrogens (tertiary/aromatic N) is 1. The molecule has 8 heteroatoms. The van der Waals surface area contributed by atoms with Crippen molar-refractivity contribution in [1.82, 2.24) is 10.3 Å². The van der Waals surface area contributed by atoms with Gasteiger partial charge < -0.3 is 19.9 Å². The Labute approximate surface area is 149 Å². The molecule has 2 aromatic rings. The maximum absolute atomic E-state index is 12.4. The molecule has 134 valence electrons. The Kier molecular flexibility index (Phi) is 6.49. The number of aryl methyl sites for hydroxylation is 1. The van der Waals surface area contributed by atoms with Crippen molar-refractivity contribution < 1.29 is 24.2 Å². The van der Waals surface area contributed by atoms with Gasteiger partial charge in [0.2, 0.25) is 0 Å². The molecule has 0 aliphatic carbocycles. The zero-order valence-electron chi connectivity index (χ0n) is 14.2. The molecule has 0 radical (unpaired) electrons. The molecule has 1 amide bonds. The average Bonchev–Trinajstić information content (AvgIpc) is 2.94. The van der Waals surface area contributed by atoms with Crippen molar-refractivity contribution in [3.05, 3.63) is 45.4 Å². The summed E-state index contributed by atoms with van der Waals surface area (Å²) in [6.07, 6.45) is 0. The number of rotatable bonds is 8. The number of hydrogen-bond donors (Lipinski definition) is 2. The number of aromatic nitrogens is 1. The van der Waals surface area contributed by atoms with Gasteiger partial charge in [-0.25, -0.2) is 9.78 Å². The number of benzene rings is 1. The maximum atomic E-state index is 12.4. The first-order chi connectivity index (χ1) is 11.9. The van der Waals surface area contributed by atoms with Crippen LogP contribution in [-0.2, 0) is 16.1 Å². The third-order valence-corrected chi connectivity index (χ3v) is 4.53. The van der Waals surface area contributed by atoms with Gasteiger partial charge in [0.15, 0.2) is 6.61 Å². The van der Waals surface area contributed by atoms with Crippen LogP contribution in [0.15, 0.2) is 24.3 Å². The van der Waals surface area contributed by atoms with Gasteiger partial charge in [0.05, 0.1) is 18.3 Å². The summed E-state index contributed by atoms with van der Waals surface area (Å²) in [6.45, 7) is 3.66. The van der Waals surface area contributed by atoms with Crippen molar-refractivity contribution >= 4 is 23.2 Å². The van der Waals surface area contributed by atoms with Crippen LogP contribution in [0, 0.1) is 6.92 Å². The van der Waals surface area contributed by atoms with Crippen LogP contribution >= 0.6 is 11.3 Å². The highest BCUT2D eigenvalue weighted by Crippen LogP contribution is 2.21. The number of carboxylic acid groups (broad SMARTS) is 1. The van der Waals surface area contributed by atoms with Gasteiger partial charge in [-0.3, -0.25) is 4.79 Å². The van der Waals surface area contributed by atoms with E-state index in [4.69, 9.17) is 14.6 Å². The van der Waals surface area contributed by atoms with E-state index in [-0.39, 0.29) is 18.6 Å². The fraction of sp³-hybridized carbons (Fsp3) is 0.353. The Balaban J connectivity index is 2.00. The molecule has 2 N–H and O–H groups in total. The molecule has 0 saturated carbocycles. The summed E-state index contributed by atoms with van der Waals surface area (Å²) < 4.78 is 10.1. The summed E-state index contributed by atoms with van der Waals surface area (Å²) in [5.41, 5.74) is 1.56. The zero-order chi connectivity index (χ0) is 18.4. The smallest absolute Gasteiger partial charge is 0.341 e. The molecular weight excluding hydrogens is 344 g/mol. The second-order valence-corrected chi connectivity index (χ2v) is 6.49. The molecule has 0 fully saturated rings. The average molecular weight is 364 g/mol. The molecular formula is C17H20N2O5S. The first kappa shape index (κ1) is 18.9. The summed E-state index contributed by atoms with van der Waals surface area (Å²) >= 11 is 1.32. The van der Waals surface area contributed by atoms with E-state index in [1.54, 1.807) is 38.3 Å². The van der Waals surface area contributed by atoms with Crippen LogP contribution in [0.5, 0.6) is 5.75 Å². The van der Waals surface area contributed by atoms with Crippen molar-refractivity contribution in [3.63, 3.8) is 0 Å². The number of hydrogen-bond acceptors (Lipinski definition) is 6. The predicted molar refractivity (Wildman–Crippen MR) is 93.0 cm³/mol. The number of carboxylic acids is 1. The van der Waals surface area contributed by atoms with Crippen LogP contribution in [-0.4, -0.2) is 35.7 Å². The van der Waals surface area contributed by atoms with Gasteiger partial charge in [0.1, 0.15) is 15.6 Å². The molecule has 0 bridgehead atoms. The third-order valence-electron chi connectivity index (χ3n) is 3.40. The number of carbonyl (C=O) groups excluding carboxylic acids is 1. The van der Waals surface area contributed by atoms with Crippen LogP contribution in [0.2, 0.25) is 0 Å². The zero-order valence-corrected chi connectivity index (χ0v) is 15.1. The van der Waals surface area contributed by atoms with Crippen LogP contribution in [0.3, 0.4) is 0 Å². The van der Waals surface area contributed by atoms with Crippen molar-refractivity contribution in [2.45, 2.75) is 26.5 Å². The second kappa shape index (κ2) is 8.59. The van der Waals surface area contributed by atoms with Gasteiger partial charge >= 0.3 is 5.97 Å². The third kappa shape index (κ3) is 5.27. The minimum Gasteiger partial charge on any atom is -0.482 e. The molecule has 1 aromatic heterocycles.